The molecule has 0 saturated heterocycles. The number of pyridine rings is 1. The van der Waals surface area contributed by atoms with Crippen LogP contribution in [0.2, 0.25) is 0 Å². The Hall–Kier alpha value is -7.36. The van der Waals surface area contributed by atoms with E-state index >= 15 is 0 Å². The largest absolute Gasteiger partial charge is 0.359 e. The van der Waals surface area contributed by atoms with E-state index in [1.807, 2.05) is 0 Å². The molecular weight excluding hydrogens is 715 g/mol. The number of aliphatic imine (C=N–C) groups is 1. The Kier molecular flexibility index (Phi) is 8.23. The Morgan fingerprint density at radius 2 is 1.12 bits per heavy atom. The number of fused-ring (bicyclic) bond motifs is 5. The Bertz CT molecular complexity index is 3160. The molecule has 1 aliphatic heterocycles. The van der Waals surface area contributed by atoms with Gasteiger partial charge in [-0.3, -0.25) is 0 Å². The fourth-order valence-electron chi connectivity index (χ4n) is 9.17. The minimum atomic E-state index is -0.122. The molecule has 3 nitrogen and oxygen atoms in total. The van der Waals surface area contributed by atoms with Crippen molar-refractivity contribution in [1.82, 2.24) is 10.3 Å². The second-order valence-electron chi connectivity index (χ2n) is 16.3. The molecule has 1 N–H and O–H groups in total. The van der Waals surface area contributed by atoms with E-state index in [0.717, 1.165) is 55.9 Å². The predicted octanol–water partition coefficient (Wildman–Crippen LogP) is 13.8. The summed E-state index contributed by atoms with van der Waals surface area (Å²) in [6, 6.07) is 69.7. The van der Waals surface area contributed by atoms with Gasteiger partial charge in [-0.1, -0.05) is 172 Å². The molecule has 8 aromatic carbocycles. The van der Waals surface area contributed by atoms with Crippen molar-refractivity contribution in [3.05, 3.63) is 228 Å². The van der Waals surface area contributed by atoms with Gasteiger partial charge in [0, 0.05) is 27.5 Å². The third-order valence-electron chi connectivity index (χ3n) is 12.3. The Morgan fingerprint density at radius 1 is 0.458 bits per heavy atom. The molecular formula is C56H41N3. The molecule has 3 heteroatoms. The minimum Gasteiger partial charge on any atom is -0.359 e. The van der Waals surface area contributed by atoms with Crippen LogP contribution in [0.1, 0.15) is 47.7 Å². The molecule has 0 amide bonds. The number of nitrogens with one attached hydrogen (secondary N) is 1. The van der Waals surface area contributed by atoms with E-state index in [9.17, 15) is 0 Å². The van der Waals surface area contributed by atoms with Gasteiger partial charge in [-0.2, -0.15) is 0 Å². The molecule has 2 heterocycles. The van der Waals surface area contributed by atoms with Crippen molar-refractivity contribution < 1.29 is 0 Å². The van der Waals surface area contributed by atoms with E-state index < -0.39 is 0 Å². The molecule has 11 rings (SSSR count). The third kappa shape index (κ3) is 6.14. The quantitative estimate of drug-likeness (QED) is 0.183. The van der Waals surface area contributed by atoms with Gasteiger partial charge in [0.1, 0.15) is 5.84 Å². The molecule has 0 bridgehead atoms. The maximum Gasteiger partial charge on any atom is 0.134 e. The summed E-state index contributed by atoms with van der Waals surface area (Å²) >= 11 is 0. The van der Waals surface area contributed by atoms with E-state index in [2.05, 4.69) is 219 Å². The van der Waals surface area contributed by atoms with Gasteiger partial charge in [0.25, 0.3) is 0 Å². The first-order valence-electron chi connectivity index (χ1n) is 20.4. The van der Waals surface area contributed by atoms with Crippen LogP contribution in [0.4, 0.5) is 0 Å². The summed E-state index contributed by atoms with van der Waals surface area (Å²) < 4.78 is 0. The third-order valence-corrected chi connectivity index (χ3v) is 12.3. The number of hydrogen-bond acceptors (Lipinski definition) is 3. The predicted molar refractivity (Wildman–Crippen MR) is 246 cm³/mol. The zero-order valence-corrected chi connectivity index (χ0v) is 33.0. The van der Waals surface area contributed by atoms with Crippen molar-refractivity contribution in [3.63, 3.8) is 0 Å². The Balaban J connectivity index is 1.07. The summed E-state index contributed by atoms with van der Waals surface area (Å²) in [5.74, 6) is 0.839. The lowest BCUT2D eigenvalue weighted by Gasteiger charge is -2.25. The SMILES string of the molecule is CC1(C)c2ccccc2-c2cc3c(-c4cccc(C5=NC(c6cccc(-c7ccccc7)c6)=CC(c6ccc7ccccc7c6)N5)c4)cc(-c4ccccc4)nc3cc21. The summed E-state index contributed by atoms with van der Waals surface area (Å²) in [5.41, 5.74) is 17.1. The first kappa shape index (κ1) is 34.9. The highest BCUT2D eigenvalue weighted by Gasteiger charge is 2.36. The molecule has 0 fully saturated rings. The van der Waals surface area contributed by atoms with Crippen molar-refractivity contribution >= 4 is 33.2 Å². The van der Waals surface area contributed by atoms with Crippen molar-refractivity contribution in [2.75, 3.05) is 0 Å². The molecule has 1 unspecified atom stereocenters. The number of hydrogen-bond donors (Lipinski definition) is 1. The molecule has 0 spiro atoms. The van der Waals surface area contributed by atoms with Crippen LogP contribution < -0.4 is 5.32 Å². The van der Waals surface area contributed by atoms with Crippen LogP contribution in [0.15, 0.2) is 205 Å². The molecule has 1 aromatic heterocycles. The monoisotopic (exact) mass is 755 g/mol. The summed E-state index contributed by atoms with van der Waals surface area (Å²) in [6.07, 6.45) is 2.27. The summed E-state index contributed by atoms with van der Waals surface area (Å²) in [5, 5.41) is 7.45. The zero-order chi connectivity index (χ0) is 39.5. The standard InChI is InChI=1S/C56H41N3/c1-56(2)49-26-12-11-25-45(49)47-32-48-46(33-51(38-18-7-4-8-19-38)57-54(48)34-50(47)56)41-22-14-24-44(31-41)55-58-52(42-23-13-21-40(29-42)36-15-5-3-6-16-36)35-53(59-55)43-28-27-37-17-9-10-20-39(37)30-43/h3-35,53H,1-2H3,(H,58,59). The van der Waals surface area contributed by atoms with E-state index in [4.69, 9.17) is 9.98 Å². The maximum absolute atomic E-state index is 5.40. The molecule has 59 heavy (non-hydrogen) atoms. The lowest BCUT2D eigenvalue weighted by Crippen LogP contribution is -2.31. The summed E-state index contributed by atoms with van der Waals surface area (Å²) in [7, 11) is 0. The van der Waals surface area contributed by atoms with Crippen molar-refractivity contribution in [1.29, 1.82) is 0 Å². The lowest BCUT2D eigenvalue weighted by atomic mass is 9.82. The second-order valence-corrected chi connectivity index (χ2v) is 16.3. The van der Waals surface area contributed by atoms with Crippen LogP contribution in [0.25, 0.3) is 72.0 Å². The minimum absolute atomic E-state index is 0.0939. The van der Waals surface area contributed by atoms with Gasteiger partial charge in [-0.15, -0.1) is 0 Å². The summed E-state index contributed by atoms with van der Waals surface area (Å²) in [4.78, 5) is 10.7. The summed E-state index contributed by atoms with van der Waals surface area (Å²) in [6.45, 7) is 4.66. The Morgan fingerprint density at radius 3 is 1.95 bits per heavy atom. The molecule has 2 aliphatic rings. The van der Waals surface area contributed by atoms with Crippen LogP contribution in [0.5, 0.6) is 0 Å². The first-order valence-corrected chi connectivity index (χ1v) is 20.4. The van der Waals surface area contributed by atoms with E-state index in [1.165, 1.54) is 49.7 Å². The smallest absolute Gasteiger partial charge is 0.134 e. The molecule has 9 aromatic rings. The zero-order valence-electron chi connectivity index (χ0n) is 33.0. The second kappa shape index (κ2) is 13.9. The van der Waals surface area contributed by atoms with Crippen LogP contribution >= 0.6 is 0 Å². The first-order chi connectivity index (χ1) is 29.0. The number of benzene rings is 8. The number of aromatic nitrogens is 1. The van der Waals surface area contributed by atoms with E-state index in [1.54, 1.807) is 0 Å². The molecule has 1 aliphatic carbocycles. The molecule has 0 radical (unpaired) electrons. The fourth-order valence-corrected chi connectivity index (χ4v) is 9.17. The average Bonchev–Trinajstić information content (AvgIpc) is 3.53. The normalized spacial score (nSPS) is 15.3. The topological polar surface area (TPSA) is 37.3 Å². The highest BCUT2D eigenvalue weighted by atomic mass is 15.0. The van der Waals surface area contributed by atoms with Crippen molar-refractivity contribution in [3.8, 4) is 44.6 Å². The highest BCUT2D eigenvalue weighted by molar-refractivity contribution is 6.06. The van der Waals surface area contributed by atoms with Crippen LogP contribution in [0.3, 0.4) is 0 Å². The number of nitrogens with zero attached hydrogens (tertiary/aromatic N) is 2. The van der Waals surface area contributed by atoms with Gasteiger partial charge in [-0.25, -0.2) is 9.98 Å². The Labute approximate surface area is 345 Å². The number of rotatable bonds is 6. The molecule has 280 valence electrons. The van der Waals surface area contributed by atoms with E-state index in [-0.39, 0.29) is 11.5 Å². The number of amidine groups is 1. The average molecular weight is 756 g/mol. The maximum atomic E-state index is 5.40. The van der Waals surface area contributed by atoms with Gasteiger partial charge in [0.05, 0.1) is 22.9 Å². The van der Waals surface area contributed by atoms with Crippen molar-refractivity contribution in [2.24, 2.45) is 4.99 Å². The molecule has 0 saturated carbocycles. The van der Waals surface area contributed by atoms with Crippen LogP contribution in [-0.4, -0.2) is 10.8 Å². The van der Waals surface area contributed by atoms with Gasteiger partial charge >= 0.3 is 0 Å². The molecule has 1 atom stereocenters. The lowest BCUT2D eigenvalue weighted by molar-refractivity contribution is 0.661. The van der Waals surface area contributed by atoms with E-state index in [0.29, 0.717) is 0 Å². The van der Waals surface area contributed by atoms with Crippen LogP contribution in [0, 0.1) is 0 Å². The van der Waals surface area contributed by atoms with Gasteiger partial charge < -0.3 is 5.32 Å². The van der Waals surface area contributed by atoms with Crippen LogP contribution in [-0.2, 0) is 5.41 Å². The van der Waals surface area contributed by atoms with Gasteiger partial charge in [0.15, 0.2) is 0 Å². The fraction of sp³-hybridized carbons (Fsp3) is 0.0714. The van der Waals surface area contributed by atoms with Crippen molar-refractivity contribution in [2.45, 2.75) is 25.3 Å². The highest BCUT2D eigenvalue weighted by Crippen LogP contribution is 2.50. The van der Waals surface area contributed by atoms with Gasteiger partial charge in [-0.05, 0) is 103 Å². The van der Waals surface area contributed by atoms with Gasteiger partial charge in [0.2, 0.25) is 0 Å².